The first-order chi connectivity index (χ1) is 5.88. The molecule has 1 aromatic heterocycles. The Bertz CT molecular complexity index is 406. The lowest BCUT2D eigenvalue weighted by Gasteiger charge is -2.03. The molecule has 0 fully saturated rings. The van der Waals surface area contributed by atoms with Crippen LogP contribution in [0, 0.1) is 0 Å². The number of rotatable bonds is 2. The van der Waals surface area contributed by atoms with E-state index >= 15 is 0 Å². The molecular formula is C6H8NO5P. The monoisotopic (exact) mass is 205 g/mol. The summed E-state index contributed by atoms with van der Waals surface area (Å²) in [7, 11) is -4.15. The van der Waals surface area contributed by atoms with Crippen LogP contribution in [0.4, 0.5) is 0 Å². The zero-order valence-electron chi connectivity index (χ0n) is 6.49. The molecule has 0 saturated carbocycles. The predicted molar refractivity (Wildman–Crippen MR) is 43.6 cm³/mol. The summed E-state index contributed by atoms with van der Waals surface area (Å²) in [5.74, 6) is 0. The maximum atomic E-state index is 10.7. The van der Waals surface area contributed by atoms with E-state index in [1.54, 1.807) is 0 Å². The highest BCUT2D eigenvalue weighted by molar-refractivity contribution is 7.50. The Morgan fingerprint density at radius 3 is 2.46 bits per heavy atom. The molecule has 0 aliphatic heterocycles. The third kappa shape index (κ3) is 3.02. The average molecular weight is 205 g/mol. The van der Waals surface area contributed by atoms with Gasteiger partial charge in [-0.15, -0.1) is 0 Å². The van der Waals surface area contributed by atoms with Crippen LogP contribution in [0.1, 0.15) is 5.56 Å². The van der Waals surface area contributed by atoms with Crippen molar-refractivity contribution < 1.29 is 19.6 Å². The zero-order valence-corrected chi connectivity index (χ0v) is 7.39. The summed E-state index contributed by atoms with van der Waals surface area (Å²) in [4.78, 5) is 27.8. The lowest BCUT2D eigenvalue weighted by molar-refractivity contribution is 0.174. The van der Waals surface area contributed by atoms with Gasteiger partial charge in [-0.05, 0) is 5.56 Å². The van der Waals surface area contributed by atoms with Gasteiger partial charge in [0.25, 0.3) is 5.56 Å². The van der Waals surface area contributed by atoms with Crippen molar-refractivity contribution in [3.8, 4) is 0 Å². The van der Waals surface area contributed by atoms with Crippen LogP contribution >= 0.6 is 7.60 Å². The highest BCUT2D eigenvalue weighted by Gasteiger charge is 2.14. The fourth-order valence-electron chi connectivity index (χ4n) is 0.850. The molecule has 72 valence electrons. The largest absolute Gasteiger partial charge is 0.425 e. The van der Waals surface area contributed by atoms with Gasteiger partial charge in [-0.3, -0.25) is 9.36 Å². The van der Waals surface area contributed by atoms with Gasteiger partial charge in [0.15, 0.2) is 0 Å². The van der Waals surface area contributed by atoms with Crippen molar-refractivity contribution in [2.75, 3.05) is 0 Å². The summed E-state index contributed by atoms with van der Waals surface area (Å²) in [6.07, 6.45) is 0.481. The minimum absolute atomic E-state index is 0.204. The van der Waals surface area contributed by atoms with Crippen molar-refractivity contribution in [3.63, 3.8) is 0 Å². The smallest absolute Gasteiger partial charge is 0.329 e. The molecule has 1 rings (SSSR count). The molecule has 1 heterocycles. The van der Waals surface area contributed by atoms with Gasteiger partial charge in [-0.2, -0.15) is 4.73 Å². The minimum Gasteiger partial charge on any atom is -0.425 e. The number of hydrogen-bond acceptors (Lipinski definition) is 3. The first-order valence-corrected chi connectivity index (χ1v) is 5.14. The molecule has 3 N–H and O–H groups in total. The second kappa shape index (κ2) is 3.33. The van der Waals surface area contributed by atoms with Gasteiger partial charge in [0.05, 0.1) is 12.4 Å². The first kappa shape index (κ1) is 9.98. The molecular weight excluding hydrogens is 197 g/mol. The number of hydrogen-bond donors (Lipinski definition) is 3. The second-order valence-electron chi connectivity index (χ2n) is 2.54. The average Bonchev–Trinajstić information content (AvgIpc) is 1.94. The van der Waals surface area contributed by atoms with Gasteiger partial charge >= 0.3 is 7.60 Å². The van der Waals surface area contributed by atoms with E-state index in [-0.39, 0.29) is 10.3 Å². The highest BCUT2D eigenvalue weighted by Crippen LogP contribution is 2.38. The maximum Gasteiger partial charge on any atom is 0.329 e. The number of aromatic nitrogens is 1. The molecule has 0 atom stereocenters. The molecule has 6 nitrogen and oxygen atoms in total. The molecule has 1 aromatic rings. The molecule has 7 heteroatoms. The van der Waals surface area contributed by atoms with E-state index in [4.69, 9.17) is 15.0 Å². The third-order valence-corrected chi connectivity index (χ3v) is 2.12. The third-order valence-electron chi connectivity index (χ3n) is 1.34. The van der Waals surface area contributed by atoms with Crippen molar-refractivity contribution in [1.29, 1.82) is 0 Å². The molecule has 0 amide bonds. The van der Waals surface area contributed by atoms with Crippen molar-refractivity contribution in [3.05, 3.63) is 34.2 Å². The SMILES string of the molecule is O=c1ccc(CP(=O)(O)O)cn1O. The molecule has 0 aliphatic carbocycles. The van der Waals surface area contributed by atoms with Gasteiger partial charge in [0.1, 0.15) is 0 Å². The molecule has 0 bridgehead atoms. The van der Waals surface area contributed by atoms with E-state index in [1.807, 2.05) is 0 Å². The van der Waals surface area contributed by atoms with Crippen molar-refractivity contribution >= 4 is 7.60 Å². The molecule has 0 spiro atoms. The Kier molecular flexibility index (Phi) is 2.56. The summed E-state index contributed by atoms with van der Waals surface area (Å²) < 4.78 is 10.8. The quantitative estimate of drug-likeness (QED) is 0.457. The van der Waals surface area contributed by atoms with Crippen molar-refractivity contribution in [1.82, 2.24) is 4.73 Å². The summed E-state index contributed by atoms with van der Waals surface area (Å²) in [5, 5.41) is 8.85. The molecule has 0 radical (unpaired) electrons. The van der Waals surface area contributed by atoms with Crippen LogP contribution in [-0.2, 0) is 10.7 Å². The maximum absolute atomic E-state index is 10.7. The molecule has 0 aromatic carbocycles. The van der Waals surface area contributed by atoms with E-state index in [0.717, 1.165) is 12.3 Å². The zero-order chi connectivity index (χ0) is 10.1. The molecule has 0 aliphatic rings. The number of pyridine rings is 1. The molecule has 0 unspecified atom stereocenters. The Morgan fingerprint density at radius 2 is 2.00 bits per heavy atom. The van der Waals surface area contributed by atoms with Crippen LogP contribution in [0.3, 0.4) is 0 Å². The Labute approximate surface area is 73.2 Å². The van der Waals surface area contributed by atoms with Gasteiger partial charge < -0.3 is 15.0 Å². The molecule has 13 heavy (non-hydrogen) atoms. The summed E-state index contributed by atoms with van der Waals surface area (Å²) in [5.41, 5.74) is -0.440. The van der Waals surface area contributed by atoms with E-state index in [9.17, 15) is 9.36 Å². The van der Waals surface area contributed by atoms with Crippen LogP contribution in [0.25, 0.3) is 0 Å². The summed E-state index contributed by atoms with van der Waals surface area (Å²) >= 11 is 0. The standard InChI is InChI=1S/C6H8NO5P/c8-6-2-1-5(3-7(6)9)4-13(10,11)12/h1-3,9H,4H2,(H2,10,11,12). The van der Waals surface area contributed by atoms with Crippen LogP contribution in [0.15, 0.2) is 23.1 Å². The van der Waals surface area contributed by atoms with E-state index in [1.165, 1.54) is 6.07 Å². The van der Waals surface area contributed by atoms with Crippen LogP contribution < -0.4 is 5.56 Å². The summed E-state index contributed by atoms with van der Waals surface area (Å²) in [6, 6.07) is 2.29. The van der Waals surface area contributed by atoms with E-state index in [2.05, 4.69) is 0 Å². The van der Waals surface area contributed by atoms with Crippen LogP contribution in [-0.4, -0.2) is 19.7 Å². The van der Waals surface area contributed by atoms with Crippen LogP contribution in [0.5, 0.6) is 0 Å². The fraction of sp³-hybridized carbons (Fsp3) is 0.167. The van der Waals surface area contributed by atoms with Crippen molar-refractivity contribution in [2.45, 2.75) is 6.16 Å². The van der Waals surface area contributed by atoms with E-state index < -0.39 is 19.3 Å². The second-order valence-corrected chi connectivity index (χ2v) is 4.19. The van der Waals surface area contributed by atoms with Gasteiger partial charge in [0.2, 0.25) is 0 Å². The molecule has 0 saturated heterocycles. The van der Waals surface area contributed by atoms with Gasteiger partial charge in [-0.25, -0.2) is 0 Å². The Hall–Kier alpha value is -1.10. The lowest BCUT2D eigenvalue weighted by Crippen LogP contribution is -2.15. The highest BCUT2D eigenvalue weighted by atomic mass is 31.2. The minimum atomic E-state index is -4.15. The first-order valence-electron chi connectivity index (χ1n) is 3.34. The Morgan fingerprint density at radius 1 is 1.38 bits per heavy atom. The van der Waals surface area contributed by atoms with Crippen molar-refractivity contribution in [2.24, 2.45) is 0 Å². The van der Waals surface area contributed by atoms with Crippen LogP contribution in [0.2, 0.25) is 0 Å². The predicted octanol–water partition coefficient (Wildman–Crippen LogP) is -0.237. The van der Waals surface area contributed by atoms with E-state index in [0.29, 0.717) is 0 Å². The fourth-order valence-corrected chi connectivity index (χ4v) is 1.51. The van der Waals surface area contributed by atoms with Gasteiger partial charge in [-0.1, -0.05) is 6.07 Å². The topological polar surface area (TPSA) is 99.8 Å². The van der Waals surface area contributed by atoms with Gasteiger partial charge in [0, 0.05) is 6.07 Å². The lowest BCUT2D eigenvalue weighted by atomic mass is 10.3. The number of nitrogens with zero attached hydrogens (tertiary/aromatic N) is 1. The Balaban J connectivity index is 2.99. The normalized spacial score (nSPS) is 11.5. The summed E-state index contributed by atoms with van der Waals surface area (Å²) in [6.45, 7) is 0.